The van der Waals surface area contributed by atoms with Gasteiger partial charge in [-0.1, -0.05) is 0 Å². The highest BCUT2D eigenvalue weighted by atomic mass is 19.3. The topological polar surface area (TPSA) is 50.2 Å². The Hall–Kier alpha value is -1.66. The van der Waals surface area contributed by atoms with Gasteiger partial charge in [0.15, 0.2) is 17.3 Å². The lowest BCUT2D eigenvalue weighted by atomic mass is 10.2. The van der Waals surface area contributed by atoms with Crippen molar-refractivity contribution in [2.45, 2.75) is 6.43 Å². The van der Waals surface area contributed by atoms with Crippen LogP contribution in [0.5, 0.6) is 0 Å². The molecule has 0 amide bonds. The van der Waals surface area contributed by atoms with Gasteiger partial charge in [0.2, 0.25) is 0 Å². The number of rotatable bonds is 2. The second kappa shape index (κ2) is 3.60. The SMILES string of the molecule is O=C(O)c1ncc(C(F)F)c(F)c1F. The van der Waals surface area contributed by atoms with Gasteiger partial charge in [-0.25, -0.2) is 27.3 Å². The third-order valence-corrected chi connectivity index (χ3v) is 1.42. The Kier molecular flexibility index (Phi) is 2.68. The van der Waals surface area contributed by atoms with Crippen molar-refractivity contribution < 1.29 is 27.5 Å². The van der Waals surface area contributed by atoms with Crippen molar-refractivity contribution in [1.82, 2.24) is 4.98 Å². The summed E-state index contributed by atoms with van der Waals surface area (Å²) in [7, 11) is 0. The van der Waals surface area contributed by atoms with Crippen molar-refractivity contribution in [1.29, 1.82) is 0 Å². The zero-order chi connectivity index (χ0) is 10.9. The smallest absolute Gasteiger partial charge is 0.357 e. The number of pyridine rings is 1. The maximum atomic E-state index is 12.7. The molecule has 0 atom stereocenters. The molecule has 0 saturated heterocycles. The van der Waals surface area contributed by atoms with E-state index in [1.54, 1.807) is 0 Å². The van der Waals surface area contributed by atoms with Crippen LogP contribution in [-0.4, -0.2) is 16.1 Å². The highest BCUT2D eigenvalue weighted by Gasteiger charge is 2.23. The van der Waals surface area contributed by atoms with Gasteiger partial charge in [0, 0.05) is 6.20 Å². The third-order valence-electron chi connectivity index (χ3n) is 1.42. The lowest BCUT2D eigenvalue weighted by molar-refractivity contribution is 0.0681. The number of carboxylic acid groups (broad SMARTS) is 1. The molecule has 1 aromatic heterocycles. The molecule has 0 aliphatic carbocycles. The number of carboxylic acids is 1. The van der Waals surface area contributed by atoms with E-state index in [0.717, 1.165) is 0 Å². The van der Waals surface area contributed by atoms with Crippen LogP contribution in [0, 0.1) is 11.6 Å². The second-order valence-corrected chi connectivity index (χ2v) is 2.30. The molecular weight excluding hydrogens is 206 g/mol. The van der Waals surface area contributed by atoms with Crippen LogP contribution in [0.15, 0.2) is 6.20 Å². The van der Waals surface area contributed by atoms with Gasteiger partial charge in [0.25, 0.3) is 6.43 Å². The molecular formula is C7H3F4NO2. The molecule has 0 aromatic carbocycles. The van der Waals surface area contributed by atoms with Gasteiger partial charge in [0.05, 0.1) is 5.56 Å². The zero-order valence-corrected chi connectivity index (χ0v) is 6.47. The van der Waals surface area contributed by atoms with E-state index in [0.29, 0.717) is 6.20 Å². The second-order valence-electron chi connectivity index (χ2n) is 2.30. The summed E-state index contributed by atoms with van der Waals surface area (Å²) in [4.78, 5) is 13.1. The third kappa shape index (κ3) is 1.66. The van der Waals surface area contributed by atoms with Gasteiger partial charge in [-0.15, -0.1) is 0 Å². The molecule has 14 heavy (non-hydrogen) atoms. The first-order valence-corrected chi connectivity index (χ1v) is 3.30. The normalized spacial score (nSPS) is 10.6. The van der Waals surface area contributed by atoms with Crippen molar-refractivity contribution in [3.63, 3.8) is 0 Å². The summed E-state index contributed by atoms with van der Waals surface area (Å²) in [6, 6.07) is 0. The molecule has 0 bridgehead atoms. The minimum absolute atomic E-state index is 0.298. The van der Waals surface area contributed by atoms with E-state index in [1.807, 2.05) is 0 Å². The summed E-state index contributed by atoms with van der Waals surface area (Å²) in [6.07, 6.45) is -2.94. The highest BCUT2D eigenvalue weighted by molar-refractivity contribution is 5.85. The molecule has 76 valence electrons. The molecule has 0 unspecified atom stereocenters. The van der Waals surface area contributed by atoms with Gasteiger partial charge in [-0.05, 0) is 0 Å². The Labute approximate surface area is 75.0 Å². The van der Waals surface area contributed by atoms with E-state index in [4.69, 9.17) is 5.11 Å². The van der Waals surface area contributed by atoms with Crippen molar-refractivity contribution >= 4 is 5.97 Å². The minimum atomic E-state index is -3.24. The van der Waals surface area contributed by atoms with Crippen molar-refractivity contribution in [2.75, 3.05) is 0 Å². The van der Waals surface area contributed by atoms with Crippen LogP contribution in [0.1, 0.15) is 22.5 Å². The molecule has 1 rings (SSSR count). The molecule has 1 N–H and O–H groups in total. The van der Waals surface area contributed by atoms with Crippen molar-refractivity contribution in [2.24, 2.45) is 0 Å². The standard InChI is InChI=1S/C7H3F4NO2/c8-3-2(6(10)11)1-12-5(4(3)9)7(13)14/h1,6H,(H,13,14). The van der Waals surface area contributed by atoms with E-state index >= 15 is 0 Å². The first-order valence-electron chi connectivity index (χ1n) is 3.30. The lowest BCUT2D eigenvalue weighted by Crippen LogP contribution is -2.08. The summed E-state index contributed by atoms with van der Waals surface area (Å²) in [6.45, 7) is 0. The van der Waals surface area contributed by atoms with Gasteiger partial charge in [0.1, 0.15) is 0 Å². The average molecular weight is 209 g/mol. The summed E-state index contributed by atoms with van der Waals surface area (Å²) >= 11 is 0. The van der Waals surface area contributed by atoms with E-state index < -0.39 is 35.3 Å². The van der Waals surface area contributed by atoms with Gasteiger partial charge in [-0.3, -0.25) is 0 Å². The molecule has 1 heterocycles. The Bertz CT molecular complexity index is 380. The van der Waals surface area contributed by atoms with Crippen LogP contribution >= 0.6 is 0 Å². The molecule has 0 aliphatic rings. The summed E-state index contributed by atoms with van der Waals surface area (Å²) in [5.41, 5.74) is -2.47. The fourth-order valence-corrected chi connectivity index (χ4v) is 0.779. The predicted molar refractivity (Wildman–Crippen MR) is 36.1 cm³/mol. The first-order chi connectivity index (χ1) is 6.45. The number of hydrogen-bond donors (Lipinski definition) is 1. The number of aromatic carboxylic acids is 1. The molecule has 7 heteroatoms. The largest absolute Gasteiger partial charge is 0.476 e. The Morgan fingerprint density at radius 3 is 2.36 bits per heavy atom. The minimum Gasteiger partial charge on any atom is -0.476 e. The fraction of sp³-hybridized carbons (Fsp3) is 0.143. The van der Waals surface area contributed by atoms with Crippen LogP contribution in [0.4, 0.5) is 17.6 Å². The van der Waals surface area contributed by atoms with Crippen LogP contribution in [0.25, 0.3) is 0 Å². The highest BCUT2D eigenvalue weighted by Crippen LogP contribution is 2.23. The van der Waals surface area contributed by atoms with Gasteiger partial charge < -0.3 is 5.11 Å². The predicted octanol–water partition coefficient (Wildman–Crippen LogP) is 2.00. The maximum Gasteiger partial charge on any atom is 0.357 e. The van der Waals surface area contributed by atoms with E-state index in [-0.39, 0.29) is 0 Å². The Balaban J connectivity index is 3.33. The lowest BCUT2D eigenvalue weighted by Gasteiger charge is -2.03. The monoisotopic (exact) mass is 209 g/mol. The fourth-order valence-electron chi connectivity index (χ4n) is 0.779. The van der Waals surface area contributed by atoms with Crippen molar-refractivity contribution in [3.05, 3.63) is 29.1 Å². The Morgan fingerprint density at radius 2 is 1.93 bits per heavy atom. The molecule has 0 fully saturated rings. The van der Waals surface area contributed by atoms with Gasteiger partial charge >= 0.3 is 5.97 Å². The maximum absolute atomic E-state index is 12.7. The van der Waals surface area contributed by atoms with E-state index in [2.05, 4.69) is 4.98 Å². The van der Waals surface area contributed by atoms with Crippen LogP contribution in [0.2, 0.25) is 0 Å². The van der Waals surface area contributed by atoms with Crippen molar-refractivity contribution in [3.8, 4) is 0 Å². The molecule has 0 aliphatic heterocycles. The van der Waals surface area contributed by atoms with E-state index in [1.165, 1.54) is 0 Å². The van der Waals surface area contributed by atoms with E-state index in [9.17, 15) is 22.4 Å². The molecule has 0 radical (unpaired) electrons. The molecule has 3 nitrogen and oxygen atoms in total. The van der Waals surface area contributed by atoms with Crippen LogP contribution < -0.4 is 0 Å². The molecule has 1 aromatic rings. The van der Waals surface area contributed by atoms with Gasteiger partial charge in [-0.2, -0.15) is 0 Å². The Morgan fingerprint density at radius 1 is 1.36 bits per heavy atom. The molecule has 0 saturated carbocycles. The number of halogens is 4. The summed E-state index contributed by atoms with van der Waals surface area (Å²) in [5.74, 6) is -5.58. The quantitative estimate of drug-likeness (QED) is 0.757. The van der Waals surface area contributed by atoms with Crippen LogP contribution in [0.3, 0.4) is 0 Å². The number of nitrogens with zero attached hydrogens (tertiary/aromatic N) is 1. The average Bonchev–Trinajstić information content (AvgIpc) is 2.08. The zero-order valence-electron chi connectivity index (χ0n) is 6.47. The number of aromatic nitrogens is 1. The summed E-state index contributed by atoms with van der Waals surface area (Å²) in [5, 5.41) is 8.26. The molecule has 0 spiro atoms. The van der Waals surface area contributed by atoms with Crippen LogP contribution in [-0.2, 0) is 0 Å². The number of carbonyl (C=O) groups is 1. The first kappa shape index (κ1) is 10.4. The summed E-state index contributed by atoms with van der Waals surface area (Å²) < 4.78 is 49.3. The number of alkyl halides is 2. The number of hydrogen-bond acceptors (Lipinski definition) is 2.